The van der Waals surface area contributed by atoms with E-state index in [2.05, 4.69) is 10.1 Å². The molecule has 18 heavy (non-hydrogen) atoms. The van der Waals surface area contributed by atoms with Crippen LogP contribution in [-0.4, -0.2) is 14.8 Å². The minimum atomic E-state index is -4.50. The number of nitrogens with one attached hydrogen (secondary N) is 1. The molecule has 2 rings (SSSR count). The molecule has 0 amide bonds. The van der Waals surface area contributed by atoms with Crippen LogP contribution in [0.4, 0.5) is 13.2 Å². The van der Waals surface area contributed by atoms with Gasteiger partial charge in [0.25, 0.3) is 11.1 Å². The van der Waals surface area contributed by atoms with E-state index in [9.17, 15) is 22.8 Å². The number of H-pyrrole nitrogens is 1. The molecular weight excluding hydrogens is 251 g/mol. The number of alkyl halides is 3. The van der Waals surface area contributed by atoms with Crippen LogP contribution in [0.25, 0.3) is 5.82 Å². The molecule has 0 aromatic carbocycles. The van der Waals surface area contributed by atoms with Gasteiger partial charge in [-0.1, -0.05) is 0 Å². The monoisotopic (exact) mass is 257 g/mol. The minimum absolute atomic E-state index is 0.0919. The number of aromatic amines is 1. The highest BCUT2D eigenvalue weighted by Gasteiger charge is 2.30. The first-order valence-corrected chi connectivity index (χ1v) is 4.74. The molecule has 2 heterocycles. The maximum Gasteiger partial charge on any atom is 0.417 e. The van der Waals surface area contributed by atoms with Crippen molar-refractivity contribution in [3.8, 4) is 5.82 Å². The fourth-order valence-electron chi connectivity index (χ4n) is 1.28. The third kappa shape index (κ3) is 2.31. The molecule has 0 spiro atoms. The highest BCUT2D eigenvalue weighted by molar-refractivity contribution is 5.25. The summed E-state index contributed by atoms with van der Waals surface area (Å²) in [5, 5.41) is 2.15. The smallest absolute Gasteiger partial charge is 0.268 e. The van der Waals surface area contributed by atoms with Crippen LogP contribution in [-0.2, 0) is 6.18 Å². The summed E-state index contributed by atoms with van der Waals surface area (Å²) >= 11 is 0. The Morgan fingerprint density at radius 1 is 1.11 bits per heavy atom. The maximum absolute atomic E-state index is 12.3. The van der Waals surface area contributed by atoms with Crippen molar-refractivity contribution < 1.29 is 13.2 Å². The average molecular weight is 257 g/mol. The van der Waals surface area contributed by atoms with Crippen LogP contribution >= 0.6 is 0 Å². The second-order valence-corrected chi connectivity index (χ2v) is 3.39. The SMILES string of the molecule is O=c1ccc(=O)n(-c2ccc(C(F)(F)F)cn2)[nH]1. The van der Waals surface area contributed by atoms with Crippen LogP contribution in [0.5, 0.6) is 0 Å². The van der Waals surface area contributed by atoms with Crippen molar-refractivity contribution in [2.45, 2.75) is 6.18 Å². The number of halogens is 3. The first kappa shape index (κ1) is 12.1. The first-order chi connectivity index (χ1) is 8.38. The van der Waals surface area contributed by atoms with Gasteiger partial charge in [-0.2, -0.15) is 17.9 Å². The van der Waals surface area contributed by atoms with Gasteiger partial charge in [-0.15, -0.1) is 0 Å². The van der Waals surface area contributed by atoms with Crippen molar-refractivity contribution in [3.63, 3.8) is 0 Å². The fraction of sp³-hybridized carbons (Fsp3) is 0.100. The van der Waals surface area contributed by atoms with Crippen molar-refractivity contribution in [1.82, 2.24) is 14.8 Å². The number of nitrogens with zero attached hydrogens (tertiary/aromatic N) is 2. The van der Waals surface area contributed by atoms with Crippen LogP contribution in [0, 0.1) is 0 Å². The Balaban J connectivity index is 2.50. The largest absolute Gasteiger partial charge is 0.417 e. The van der Waals surface area contributed by atoms with Crippen LogP contribution in [0.1, 0.15) is 5.56 Å². The van der Waals surface area contributed by atoms with E-state index < -0.39 is 22.9 Å². The normalized spacial score (nSPS) is 11.5. The van der Waals surface area contributed by atoms with Gasteiger partial charge in [0.2, 0.25) is 0 Å². The van der Waals surface area contributed by atoms with Crippen LogP contribution in [0.3, 0.4) is 0 Å². The zero-order chi connectivity index (χ0) is 13.3. The summed E-state index contributed by atoms with van der Waals surface area (Å²) in [5.41, 5.74) is -2.09. The van der Waals surface area contributed by atoms with Gasteiger partial charge >= 0.3 is 6.18 Å². The average Bonchev–Trinajstić information content (AvgIpc) is 2.31. The fourth-order valence-corrected chi connectivity index (χ4v) is 1.28. The quantitative estimate of drug-likeness (QED) is 0.826. The van der Waals surface area contributed by atoms with Gasteiger partial charge in [0, 0.05) is 18.3 Å². The summed E-state index contributed by atoms with van der Waals surface area (Å²) < 4.78 is 37.7. The first-order valence-electron chi connectivity index (χ1n) is 4.74. The molecule has 94 valence electrons. The molecule has 0 aliphatic rings. The van der Waals surface area contributed by atoms with E-state index in [1.165, 1.54) is 0 Å². The van der Waals surface area contributed by atoms with E-state index in [1.54, 1.807) is 0 Å². The van der Waals surface area contributed by atoms with Crippen molar-refractivity contribution in [2.24, 2.45) is 0 Å². The molecule has 0 unspecified atom stereocenters. The molecule has 1 N–H and O–H groups in total. The molecular formula is C10H6F3N3O2. The summed E-state index contributed by atoms with van der Waals surface area (Å²) in [4.78, 5) is 25.9. The summed E-state index contributed by atoms with van der Waals surface area (Å²) in [6.45, 7) is 0. The zero-order valence-corrected chi connectivity index (χ0v) is 8.73. The minimum Gasteiger partial charge on any atom is -0.268 e. The van der Waals surface area contributed by atoms with Gasteiger partial charge in [-0.3, -0.25) is 14.7 Å². The highest BCUT2D eigenvalue weighted by atomic mass is 19.4. The topological polar surface area (TPSA) is 67.8 Å². The van der Waals surface area contributed by atoms with Crippen molar-refractivity contribution in [1.29, 1.82) is 0 Å². The van der Waals surface area contributed by atoms with Gasteiger partial charge < -0.3 is 0 Å². The zero-order valence-electron chi connectivity index (χ0n) is 8.73. The number of hydrogen-bond donors (Lipinski definition) is 1. The highest BCUT2D eigenvalue weighted by Crippen LogP contribution is 2.28. The molecule has 0 radical (unpaired) electrons. The van der Waals surface area contributed by atoms with E-state index in [1.807, 2.05) is 0 Å². The molecule has 0 saturated heterocycles. The summed E-state index contributed by atoms with van der Waals surface area (Å²) in [6.07, 6.45) is -3.91. The third-order valence-electron chi connectivity index (χ3n) is 2.12. The Labute approximate surface area is 97.5 Å². The lowest BCUT2D eigenvalue weighted by atomic mass is 10.3. The van der Waals surface area contributed by atoms with Crippen molar-refractivity contribution in [2.75, 3.05) is 0 Å². The lowest BCUT2D eigenvalue weighted by Crippen LogP contribution is -2.27. The number of aromatic nitrogens is 3. The van der Waals surface area contributed by atoms with Crippen molar-refractivity contribution >= 4 is 0 Å². The van der Waals surface area contributed by atoms with Gasteiger partial charge in [0.1, 0.15) is 0 Å². The Hall–Kier alpha value is -2.38. The van der Waals surface area contributed by atoms with E-state index in [4.69, 9.17) is 0 Å². The number of pyridine rings is 1. The third-order valence-corrected chi connectivity index (χ3v) is 2.12. The molecule has 8 heteroatoms. The molecule has 0 atom stereocenters. The number of hydrogen-bond acceptors (Lipinski definition) is 3. The summed E-state index contributed by atoms with van der Waals surface area (Å²) in [7, 11) is 0. The Bertz CT molecular complexity index is 670. The standard InChI is InChI=1S/C10H6F3N3O2/c11-10(12,13)6-1-2-7(14-5-6)16-9(18)4-3-8(17)15-16/h1-5H,(H,15,17). The molecule has 0 aliphatic carbocycles. The van der Waals surface area contributed by atoms with E-state index in [0.717, 1.165) is 28.9 Å². The molecule has 0 saturated carbocycles. The molecule has 0 fully saturated rings. The summed E-state index contributed by atoms with van der Waals surface area (Å²) in [5.74, 6) is -0.0919. The Kier molecular flexibility index (Phi) is 2.77. The van der Waals surface area contributed by atoms with Crippen LogP contribution in [0.2, 0.25) is 0 Å². The van der Waals surface area contributed by atoms with Crippen LogP contribution in [0.15, 0.2) is 40.1 Å². The molecule has 0 bridgehead atoms. The molecule has 5 nitrogen and oxygen atoms in total. The lowest BCUT2D eigenvalue weighted by molar-refractivity contribution is -0.137. The van der Waals surface area contributed by atoms with E-state index in [-0.39, 0.29) is 5.82 Å². The molecule has 2 aromatic rings. The van der Waals surface area contributed by atoms with Gasteiger partial charge in [0.15, 0.2) is 5.82 Å². The van der Waals surface area contributed by atoms with E-state index in [0.29, 0.717) is 6.20 Å². The summed E-state index contributed by atoms with van der Waals surface area (Å²) in [6, 6.07) is 3.79. The van der Waals surface area contributed by atoms with Crippen LogP contribution < -0.4 is 11.1 Å². The lowest BCUT2D eigenvalue weighted by Gasteiger charge is -2.07. The second-order valence-electron chi connectivity index (χ2n) is 3.39. The Morgan fingerprint density at radius 2 is 1.83 bits per heavy atom. The molecule has 0 aliphatic heterocycles. The Morgan fingerprint density at radius 3 is 2.39 bits per heavy atom. The van der Waals surface area contributed by atoms with Crippen molar-refractivity contribution in [3.05, 3.63) is 56.7 Å². The van der Waals surface area contributed by atoms with Gasteiger partial charge in [-0.25, -0.2) is 4.98 Å². The van der Waals surface area contributed by atoms with Gasteiger partial charge in [-0.05, 0) is 12.1 Å². The van der Waals surface area contributed by atoms with E-state index >= 15 is 0 Å². The predicted molar refractivity (Wildman–Crippen MR) is 55.5 cm³/mol. The number of rotatable bonds is 1. The van der Waals surface area contributed by atoms with Gasteiger partial charge in [0.05, 0.1) is 5.56 Å². The second kappa shape index (κ2) is 4.13. The molecule has 2 aromatic heterocycles. The predicted octanol–water partition coefficient (Wildman–Crippen LogP) is 0.940. The maximum atomic E-state index is 12.3.